The first-order chi connectivity index (χ1) is 11.8. The van der Waals surface area contributed by atoms with Crippen LogP contribution in [0.3, 0.4) is 0 Å². The fourth-order valence-corrected chi connectivity index (χ4v) is 2.94. The zero-order valence-corrected chi connectivity index (χ0v) is 13.2. The second-order valence-corrected chi connectivity index (χ2v) is 5.86. The molecule has 1 aromatic carbocycles. The number of piperazine rings is 1. The van der Waals surface area contributed by atoms with E-state index in [1.165, 1.54) is 12.1 Å². The number of anilines is 1. The van der Waals surface area contributed by atoms with E-state index in [2.05, 4.69) is 14.8 Å². The number of hydrogen-bond acceptors (Lipinski definition) is 5. The first-order valence-corrected chi connectivity index (χ1v) is 7.99. The molecule has 0 aliphatic carbocycles. The predicted octanol–water partition coefficient (Wildman–Crippen LogP) is 3.40. The van der Waals surface area contributed by atoms with Gasteiger partial charge in [-0.1, -0.05) is 0 Å². The molecule has 0 bridgehead atoms. The van der Waals surface area contributed by atoms with Crippen LogP contribution in [-0.2, 0) is 6.54 Å². The molecule has 1 aliphatic rings. The van der Waals surface area contributed by atoms with E-state index in [1.54, 1.807) is 12.5 Å². The largest absolute Gasteiger partial charge is 0.459 e. The molecule has 2 aromatic heterocycles. The minimum absolute atomic E-state index is 0.198. The van der Waals surface area contributed by atoms with Gasteiger partial charge in [0, 0.05) is 38.4 Å². The molecule has 0 saturated carbocycles. The molecule has 0 radical (unpaired) electrons. The van der Waals surface area contributed by atoms with Gasteiger partial charge in [-0.25, -0.2) is 9.37 Å². The van der Waals surface area contributed by atoms with Crippen molar-refractivity contribution in [2.45, 2.75) is 6.54 Å². The minimum Gasteiger partial charge on any atom is -0.459 e. The summed E-state index contributed by atoms with van der Waals surface area (Å²) in [4.78, 5) is 9.08. The van der Waals surface area contributed by atoms with Gasteiger partial charge in [-0.15, -0.1) is 0 Å². The molecule has 0 N–H and O–H groups in total. The Morgan fingerprint density at radius 1 is 1.00 bits per heavy atom. The summed E-state index contributed by atoms with van der Waals surface area (Å²) in [7, 11) is 0. The van der Waals surface area contributed by atoms with E-state index in [9.17, 15) is 4.39 Å². The van der Waals surface area contributed by atoms with Crippen LogP contribution in [0.1, 0.15) is 5.69 Å². The van der Waals surface area contributed by atoms with Crippen LogP contribution in [0.5, 0.6) is 0 Å². The molecule has 4 rings (SSSR count). The Kier molecular flexibility index (Phi) is 4.04. The van der Waals surface area contributed by atoms with Crippen molar-refractivity contribution in [3.05, 3.63) is 60.4 Å². The summed E-state index contributed by atoms with van der Waals surface area (Å²) in [5.74, 6) is 0.957. The van der Waals surface area contributed by atoms with Crippen molar-refractivity contribution in [3.8, 4) is 11.7 Å². The van der Waals surface area contributed by atoms with Crippen LogP contribution in [0.25, 0.3) is 11.7 Å². The summed E-state index contributed by atoms with van der Waals surface area (Å²) in [5, 5.41) is 0. The standard InChI is InChI=1S/C18H18FN3O2/c19-14-3-5-16(6-4-14)22-9-7-21(8-10-22)12-15-13-24-18(20-15)17-2-1-11-23-17/h1-6,11,13H,7-10,12H2. The van der Waals surface area contributed by atoms with Gasteiger partial charge in [-0.3, -0.25) is 4.90 Å². The van der Waals surface area contributed by atoms with Gasteiger partial charge in [-0.2, -0.15) is 0 Å². The fraction of sp³-hybridized carbons (Fsp3) is 0.278. The van der Waals surface area contributed by atoms with Gasteiger partial charge in [0.1, 0.15) is 12.1 Å². The molecule has 0 unspecified atom stereocenters. The lowest BCUT2D eigenvalue weighted by atomic mass is 10.2. The first-order valence-electron chi connectivity index (χ1n) is 7.99. The lowest BCUT2D eigenvalue weighted by Gasteiger charge is -2.35. The van der Waals surface area contributed by atoms with Crippen molar-refractivity contribution in [2.75, 3.05) is 31.1 Å². The molecule has 3 heterocycles. The average molecular weight is 327 g/mol. The summed E-state index contributed by atoms with van der Waals surface area (Å²) in [6, 6.07) is 10.3. The Labute approximate surface area is 139 Å². The zero-order chi connectivity index (χ0) is 16.4. The van der Waals surface area contributed by atoms with E-state index < -0.39 is 0 Å². The molecule has 1 saturated heterocycles. The van der Waals surface area contributed by atoms with Crippen LogP contribution in [0.2, 0.25) is 0 Å². The van der Waals surface area contributed by atoms with Gasteiger partial charge in [-0.05, 0) is 36.4 Å². The van der Waals surface area contributed by atoms with Crippen molar-refractivity contribution in [2.24, 2.45) is 0 Å². The van der Waals surface area contributed by atoms with E-state index in [0.717, 1.165) is 44.1 Å². The molecule has 124 valence electrons. The zero-order valence-electron chi connectivity index (χ0n) is 13.2. The minimum atomic E-state index is -0.198. The van der Waals surface area contributed by atoms with Crippen LogP contribution in [0.4, 0.5) is 10.1 Å². The molecule has 24 heavy (non-hydrogen) atoms. The number of rotatable bonds is 4. The Hall–Kier alpha value is -2.60. The molecule has 3 aromatic rings. The summed E-state index contributed by atoms with van der Waals surface area (Å²) in [6.45, 7) is 4.44. The quantitative estimate of drug-likeness (QED) is 0.735. The van der Waals surface area contributed by atoms with Gasteiger partial charge in [0.2, 0.25) is 0 Å². The molecule has 1 fully saturated rings. The number of hydrogen-bond donors (Lipinski definition) is 0. The van der Waals surface area contributed by atoms with Crippen molar-refractivity contribution >= 4 is 5.69 Å². The highest BCUT2D eigenvalue weighted by molar-refractivity contribution is 5.46. The van der Waals surface area contributed by atoms with E-state index >= 15 is 0 Å². The highest BCUT2D eigenvalue weighted by Gasteiger charge is 2.19. The summed E-state index contributed by atoms with van der Waals surface area (Å²) in [6.07, 6.45) is 3.29. The normalized spacial score (nSPS) is 15.8. The summed E-state index contributed by atoms with van der Waals surface area (Å²) in [5.41, 5.74) is 1.97. The molecule has 0 amide bonds. The van der Waals surface area contributed by atoms with Crippen molar-refractivity contribution < 1.29 is 13.2 Å². The third-order valence-corrected chi connectivity index (χ3v) is 4.23. The molecule has 0 spiro atoms. The maximum absolute atomic E-state index is 13.0. The second kappa shape index (κ2) is 6.49. The summed E-state index contributed by atoms with van der Waals surface area (Å²) >= 11 is 0. The molecular weight excluding hydrogens is 309 g/mol. The number of oxazole rings is 1. The van der Waals surface area contributed by atoms with Crippen LogP contribution in [0, 0.1) is 5.82 Å². The van der Waals surface area contributed by atoms with Crippen molar-refractivity contribution in [3.63, 3.8) is 0 Å². The van der Waals surface area contributed by atoms with Gasteiger partial charge >= 0.3 is 0 Å². The van der Waals surface area contributed by atoms with Gasteiger partial charge in [0.05, 0.1) is 12.0 Å². The Morgan fingerprint density at radius 2 is 1.79 bits per heavy atom. The topological polar surface area (TPSA) is 45.7 Å². The average Bonchev–Trinajstić information content (AvgIpc) is 3.28. The molecule has 0 atom stereocenters. The second-order valence-electron chi connectivity index (χ2n) is 5.86. The van der Waals surface area contributed by atoms with E-state index in [0.29, 0.717) is 11.7 Å². The molecule has 1 aliphatic heterocycles. The number of halogens is 1. The monoisotopic (exact) mass is 327 g/mol. The molecule has 5 nitrogen and oxygen atoms in total. The van der Waals surface area contributed by atoms with Gasteiger partial charge in [0.15, 0.2) is 5.76 Å². The lowest BCUT2D eigenvalue weighted by molar-refractivity contribution is 0.247. The number of nitrogens with zero attached hydrogens (tertiary/aromatic N) is 3. The van der Waals surface area contributed by atoms with E-state index in [-0.39, 0.29) is 5.82 Å². The van der Waals surface area contributed by atoms with Crippen molar-refractivity contribution in [1.82, 2.24) is 9.88 Å². The lowest BCUT2D eigenvalue weighted by Crippen LogP contribution is -2.46. The van der Waals surface area contributed by atoms with Gasteiger partial charge in [0.25, 0.3) is 5.89 Å². The highest BCUT2D eigenvalue weighted by atomic mass is 19.1. The third-order valence-electron chi connectivity index (χ3n) is 4.23. The third kappa shape index (κ3) is 3.19. The Morgan fingerprint density at radius 3 is 2.50 bits per heavy atom. The fourth-order valence-electron chi connectivity index (χ4n) is 2.94. The Balaban J connectivity index is 1.34. The molecule has 6 heteroatoms. The van der Waals surface area contributed by atoms with Crippen LogP contribution >= 0.6 is 0 Å². The smallest absolute Gasteiger partial charge is 0.263 e. The highest BCUT2D eigenvalue weighted by Crippen LogP contribution is 2.21. The first kappa shape index (κ1) is 15.0. The van der Waals surface area contributed by atoms with Gasteiger partial charge < -0.3 is 13.7 Å². The predicted molar refractivity (Wildman–Crippen MR) is 88.1 cm³/mol. The SMILES string of the molecule is Fc1ccc(N2CCN(Cc3coc(-c4ccco4)n3)CC2)cc1. The number of aromatic nitrogens is 1. The maximum Gasteiger partial charge on any atom is 0.263 e. The van der Waals surface area contributed by atoms with E-state index in [1.807, 2.05) is 24.3 Å². The van der Waals surface area contributed by atoms with Crippen molar-refractivity contribution in [1.29, 1.82) is 0 Å². The van der Waals surface area contributed by atoms with Crippen LogP contribution < -0.4 is 4.90 Å². The summed E-state index contributed by atoms with van der Waals surface area (Å²) < 4.78 is 23.8. The molecular formula is C18H18FN3O2. The maximum atomic E-state index is 13.0. The Bertz CT molecular complexity index is 775. The van der Waals surface area contributed by atoms with E-state index in [4.69, 9.17) is 8.83 Å². The number of furan rings is 1. The number of benzene rings is 1. The van der Waals surface area contributed by atoms with Crippen LogP contribution in [-0.4, -0.2) is 36.1 Å². The van der Waals surface area contributed by atoms with Crippen LogP contribution in [0.15, 0.2) is 57.8 Å².